The molecule has 0 bridgehead atoms. The first kappa shape index (κ1) is 9.39. The van der Waals surface area contributed by atoms with E-state index in [1.54, 1.807) is 11.8 Å². The van der Waals surface area contributed by atoms with Gasteiger partial charge >= 0.3 is 0 Å². The van der Waals surface area contributed by atoms with Crippen LogP contribution in [-0.2, 0) is 0 Å². The lowest BCUT2D eigenvalue weighted by atomic mass is 10.2. The van der Waals surface area contributed by atoms with E-state index in [4.69, 9.17) is 4.74 Å². The Morgan fingerprint density at radius 1 is 1.50 bits per heavy atom. The number of hydrogen-bond donors (Lipinski definition) is 0. The zero-order valence-electron chi connectivity index (χ0n) is 7.13. The molecule has 0 unspecified atom stereocenters. The van der Waals surface area contributed by atoms with Gasteiger partial charge in [-0.1, -0.05) is 6.07 Å². The second-order valence-electron chi connectivity index (χ2n) is 2.41. The van der Waals surface area contributed by atoms with Crippen LogP contribution in [0.15, 0.2) is 23.1 Å². The maximum absolute atomic E-state index is 11.9. The predicted octanol–water partition coefficient (Wildman–Crippen LogP) is 3.02. The average Bonchev–Trinajstić information content (AvgIpc) is 2.05. The lowest BCUT2D eigenvalue weighted by molar-refractivity contribution is 0.187. The molecule has 0 aliphatic heterocycles. The van der Waals surface area contributed by atoms with E-state index in [1.807, 2.05) is 31.4 Å². The van der Waals surface area contributed by atoms with Crippen LogP contribution in [0.2, 0.25) is 0 Å². The Labute approximate surface area is 75.9 Å². The first-order chi connectivity index (χ1) is 5.77. The van der Waals surface area contributed by atoms with Gasteiger partial charge in [0.2, 0.25) is 6.86 Å². The van der Waals surface area contributed by atoms with Crippen molar-refractivity contribution in [2.24, 2.45) is 0 Å². The lowest BCUT2D eigenvalue weighted by Crippen LogP contribution is -1.92. The molecule has 0 atom stereocenters. The maximum Gasteiger partial charge on any atom is 0.228 e. The third kappa shape index (κ3) is 2.14. The Kier molecular flexibility index (Phi) is 3.41. The molecular formula is C9H11FOS. The van der Waals surface area contributed by atoms with E-state index in [0.29, 0.717) is 5.75 Å². The second-order valence-corrected chi connectivity index (χ2v) is 3.26. The number of alkyl halides is 1. The van der Waals surface area contributed by atoms with Crippen molar-refractivity contribution >= 4 is 11.8 Å². The minimum absolute atomic E-state index is 0.630. The van der Waals surface area contributed by atoms with E-state index in [-0.39, 0.29) is 0 Å². The monoisotopic (exact) mass is 186 g/mol. The molecule has 0 aromatic heterocycles. The molecule has 0 saturated heterocycles. The van der Waals surface area contributed by atoms with Crippen molar-refractivity contribution in [1.29, 1.82) is 0 Å². The summed E-state index contributed by atoms with van der Waals surface area (Å²) in [5.41, 5.74) is 1.08. The van der Waals surface area contributed by atoms with Crippen LogP contribution in [0.5, 0.6) is 5.75 Å². The summed E-state index contributed by atoms with van der Waals surface area (Å²) in [4.78, 5) is 0.971. The Morgan fingerprint density at radius 2 is 2.25 bits per heavy atom. The predicted molar refractivity (Wildman–Crippen MR) is 49.6 cm³/mol. The van der Waals surface area contributed by atoms with Crippen molar-refractivity contribution < 1.29 is 9.13 Å². The van der Waals surface area contributed by atoms with Crippen LogP contribution >= 0.6 is 11.8 Å². The van der Waals surface area contributed by atoms with Gasteiger partial charge in [-0.05, 0) is 30.9 Å². The summed E-state index contributed by atoms with van der Waals surface area (Å²) >= 11 is 1.55. The lowest BCUT2D eigenvalue weighted by Gasteiger charge is -2.06. The fourth-order valence-corrected chi connectivity index (χ4v) is 1.48. The molecule has 1 rings (SSSR count). The minimum Gasteiger partial charge on any atom is -0.462 e. The molecule has 0 aliphatic carbocycles. The van der Waals surface area contributed by atoms with Crippen molar-refractivity contribution in [3.8, 4) is 5.75 Å². The highest BCUT2D eigenvalue weighted by atomic mass is 32.2. The van der Waals surface area contributed by atoms with Gasteiger partial charge in [0.15, 0.2) is 0 Å². The molecule has 1 aromatic carbocycles. The van der Waals surface area contributed by atoms with Crippen LogP contribution in [0, 0.1) is 6.92 Å². The molecule has 0 fully saturated rings. The molecule has 0 heterocycles. The smallest absolute Gasteiger partial charge is 0.228 e. The molecule has 1 nitrogen and oxygen atoms in total. The van der Waals surface area contributed by atoms with Crippen LogP contribution in [0.1, 0.15) is 5.56 Å². The Hall–Kier alpha value is -0.700. The summed E-state index contributed by atoms with van der Waals surface area (Å²) in [6.45, 7) is 1.19. The molecule has 12 heavy (non-hydrogen) atoms. The van der Waals surface area contributed by atoms with Crippen molar-refractivity contribution in [2.45, 2.75) is 11.8 Å². The van der Waals surface area contributed by atoms with Crippen molar-refractivity contribution in [2.75, 3.05) is 13.1 Å². The molecule has 66 valence electrons. The number of hydrogen-bond acceptors (Lipinski definition) is 2. The normalized spacial score (nSPS) is 9.92. The van der Waals surface area contributed by atoms with Crippen molar-refractivity contribution in [1.82, 2.24) is 0 Å². The van der Waals surface area contributed by atoms with Gasteiger partial charge in [-0.3, -0.25) is 0 Å². The van der Waals surface area contributed by atoms with E-state index < -0.39 is 6.86 Å². The Morgan fingerprint density at radius 3 is 2.83 bits per heavy atom. The van der Waals surface area contributed by atoms with E-state index in [1.165, 1.54) is 0 Å². The standard InChI is InChI=1S/C9H11FOS/c1-7-3-4-9(12-2)8(5-7)11-6-10/h3-5H,6H2,1-2H3. The maximum atomic E-state index is 11.9. The minimum atomic E-state index is -0.767. The molecule has 0 aliphatic rings. The number of aryl methyl sites for hydroxylation is 1. The van der Waals surface area contributed by atoms with Gasteiger partial charge in [0.05, 0.1) is 0 Å². The molecule has 0 amide bonds. The first-order valence-electron chi connectivity index (χ1n) is 3.61. The Bertz CT molecular complexity index is 263. The van der Waals surface area contributed by atoms with Crippen LogP contribution < -0.4 is 4.74 Å². The van der Waals surface area contributed by atoms with E-state index >= 15 is 0 Å². The summed E-state index contributed by atoms with van der Waals surface area (Å²) in [5.74, 6) is 0.630. The molecule has 0 spiro atoms. The molecule has 0 N–H and O–H groups in total. The van der Waals surface area contributed by atoms with Gasteiger partial charge in [0.1, 0.15) is 5.75 Å². The summed E-state index contributed by atoms with van der Waals surface area (Å²) in [5, 5.41) is 0. The van der Waals surface area contributed by atoms with Gasteiger partial charge in [-0.25, -0.2) is 4.39 Å². The van der Waals surface area contributed by atoms with Crippen molar-refractivity contribution in [3.05, 3.63) is 23.8 Å². The molecular weight excluding hydrogens is 175 g/mol. The summed E-state index contributed by atoms with van der Waals surface area (Å²) in [7, 11) is 0. The zero-order chi connectivity index (χ0) is 8.97. The van der Waals surface area contributed by atoms with Gasteiger partial charge in [-0.15, -0.1) is 11.8 Å². The molecule has 0 saturated carbocycles. The zero-order valence-corrected chi connectivity index (χ0v) is 7.95. The van der Waals surface area contributed by atoms with E-state index in [9.17, 15) is 4.39 Å². The van der Waals surface area contributed by atoms with E-state index in [2.05, 4.69) is 0 Å². The SMILES string of the molecule is CSc1ccc(C)cc1OCF. The van der Waals surface area contributed by atoms with E-state index in [0.717, 1.165) is 10.5 Å². The largest absolute Gasteiger partial charge is 0.462 e. The summed E-state index contributed by atoms with van der Waals surface area (Å²) in [6, 6.07) is 5.76. The highest BCUT2D eigenvalue weighted by Gasteiger charge is 2.01. The third-order valence-electron chi connectivity index (χ3n) is 1.53. The highest BCUT2D eigenvalue weighted by Crippen LogP contribution is 2.28. The summed E-state index contributed by atoms with van der Waals surface area (Å²) < 4.78 is 16.7. The number of rotatable bonds is 3. The summed E-state index contributed by atoms with van der Waals surface area (Å²) in [6.07, 6.45) is 1.94. The fraction of sp³-hybridized carbons (Fsp3) is 0.333. The van der Waals surface area contributed by atoms with Crippen LogP contribution in [0.25, 0.3) is 0 Å². The van der Waals surface area contributed by atoms with Crippen LogP contribution in [0.4, 0.5) is 4.39 Å². The Balaban J connectivity index is 2.95. The van der Waals surface area contributed by atoms with Gasteiger partial charge < -0.3 is 4.74 Å². The number of benzene rings is 1. The fourth-order valence-electron chi connectivity index (χ4n) is 0.955. The number of halogens is 1. The van der Waals surface area contributed by atoms with Crippen LogP contribution in [0.3, 0.4) is 0 Å². The third-order valence-corrected chi connectivity index (χ3v) is 2.31. The second kappa shape index (κ2) is 4.36. The number of thioether (sulfide) groups is 1. The molecule has 3 heteroatoms. The average molecular weight is 186 g/mol. The quantitative estimate of drug-likeness (QED) is 0.671. The number of ether oxygens (including phenoxy) is 1. The highest BCUT2D eigenvalue weighted by molar-refractivity contribution is 7.98. The molecule has 1 aromatic rings. The van der Waals surface area contributed by atoms with Gasteiger partial charge in [0.25, 0.3) is 0 Å². The van der Waals surface area contributed by atoms with Crippen LogP contribution in [-0.4, -0.2) is 13.1 Å². The van der Waals surface area contributed by atoms with Gasteiger partial charge in [0, 0.05) is 4.90 Å². The molecule has 0 radical (unpaired) electrons. The topological polar surface area (TPSA) is 9.23 Å². The van der Waals surface area contributed by atoms with Crippen molar-refractivity contribution in [3.63, 3.8) is 0 Å². The first-order valence-corrected chi connectivity index (χ1v) is 4.84. The van der Waals surface area contributed by atoms with Gasteiger partial charge in [-0.2, -0.15) is 0 Å².